The van der Waals surface area contributed by atoms with Gasteiger partial charge in [0, 0.05) is 18.1 Å². The summed E-state index contributed by atoms with van der Waals surface area (Å²) in [6.07, 6.45) is 4.79. The first-order valence-electron chi connectivity index (χ1n) is 7.75. The van der Waals surface area contributed by atoms with Gasteiger partial charge in [-0.15, -0.1) is 0 Å². The van der Waals surface area contributed by atoms with Crippen molar-refractivity contribution in [2.24, 2.45) is 10.7 Å². The monoisotopic (exact) mass is 325 g/mol. The molecule has 124 valence electrons. The Hall–Kier alpha value is -2.96. The van der Waals surface area contributed by atoms with Crippen LogP contribution in [-0.4, -0.2) is 34.5 Å². The molecular weight excluding hydrogens is 306 g/mol. The van der Waals surface area contributed by atoms with Crippen LogP contribution in [-0.2, 0) is 11.2 Å². The molecule has 7 nitrogen and oxygen atoms in total. The summed E-state index contributed by atoms with van der Waals surface area (Å²) in [5.74, 6) is 0.408. The minimum atomic E-state index is -0.226. The van der Waals surface area contributed by atoms with E-state index in [1.54, 1.807) is 6.92 Å². The minimum Gasteiger partial charge on any atom is -0.463 e. The SMILES string of the molecule is Cc1ncc(C(=O)Nc2ccc(CCC3COC(N)=N3)cc2)cn1. The zero-order valence-corrected chi connectivity index (χ0v) is 13.4. The summed E-state index contributed by atoms with van der Waals surface area (Å²) in [4.78, 5) is 24.4. The van der Waals surface area contributed by atoms with Crippen molar-refractivity contribution in [1.82, 2.24) is 9.97 Å². The van der Waals surface area contributed by atoms with Crippen LogP contribution < -0.4 is 11.1 Å². The summed E-state index contributed by atoms with van der Waals surface area (Å²) >= 11 is 0. The molecule has 2 aromatic rings. The van der Waals surface area contributed by atoms with Crippen LogP contribution in [0.25, 0.3) is 0 Å². The lowest BCUT2D eigenvalue weighted by Crippen LogP contribution is -2.13. The molecule has 1 aliphatic heterocycles. The number of hydrogen-bond donors (Lipinski definition) is 2. The van der Waals surface area contributed by atoms with Crippen molar-refractivity contribution in [3.05, 3.63) is 53.6 Å². The standard InChI is InChI=1S/C17H19N5O2/c1-11-19-8-13(9-20-11)16(23)21-14-5-2-12(3-6-14)4-7-15-10-24-17(18)22-15/h2-3,5-6,8-9,15H,4,7,10H2,1H3,(H2,18,22)(H,21,23). The van der Waals surface area contributed by atoms with E-state index >= 15 is 0 Å². The molecule has 2 heterocycles. The van der Waals surface area contributed by atoms with Gasteiger partial charge in [-0.2, -0.15) is 0 Å². The summed E-state index contributed by atoms with van der Waals surface area (Å²) in [5, 5.41) is 2.83. The summed E-state index contributed by atoms with van der Waals surface area (Å²) in [6.45, 7) is 2.33. The van der Waals surface area contributed by atoms with Crippen LogP contribution in [0.15, 0.2) is 41.7 Å². The van der Waals surface area contributed by atoms with E-state index in [0.717, 1.165) is 18.5 Å². The number of nitrogens with one attached hydrogen (secondary N) is 1. The van der Waals surface area contributed by atoms with E-state index in [1.807, 2.05) is 24.3 Å². The van der Waals surface area contributed by atoms with Crippen molar-refractivity contribution in [2.75, 3.05) is 11.9 Å². The van der Waals surface area contributed by atoms with E-state index in [4.69, 9.17) is 10.5 Å². The molecule has 0 bridgehead atoms. The molecule has 1 amide bonds. The van der Waals surface area contributed by atoms with E-state index in [-0.39, 0.29) is 18.0 Å². The van der Waals surface area contributed by atoms with Crippen molar-refractivity contribution in [3.8, 4) is 0 Å². The molecule has 1 atom stereocenters. The number of nitrogens with two attached hydrogens (primary N) is 1. The summed E-state index contributed by atoms with van der Waals surface area (Å²) in [7, 11) is 0. The van der Waals surface area contributed by atoms with Crippen LogP contribution in [0.3, 0.4) is 0 Å². The Kier molecular flexibility index (Phi) is 4.69. The van der Waals surface area contributed by atoms with Gasteiger partial charge in [0.1, 0.15) is 12.4 Å². The molecule has 3 rings (SSSR count). The van der Waals surface area contributed by atoms with E-state index in [1.165, 1.54) is 18.0 Å². The van der Waals surface area contributed by atoms with E-state index in [0.29, 0.717) is 18.0 Å². The van der Waals surface area contributed by atoms with Gasteiger partial charge >= 0.3 is 0 Å². The number of nitrogens with zero attached hydrogens (tertiary/aromatic N) is 3. The molecule has 3 N–H and O–H groups in total. The number of ether oxygens (including phenoxy) is 1. The molecule has 1 unspecified atom stereocenters. The first-order chi connectivity index (χ1) is 11.6. The maximum absolute atomic E-state index is 12.1. The fourth-order valence-corrected chi connectivity index (χ4v) is 2.39. The van der Waals surface area contributed by atoms with Crippen LogP contribution in [0.1, 0.15) is 28.2 Å². The zero-order valence-electron chi connectivity index (χ0n) is 13.4. The lowest BCUT2D eigenvalue weighted by Gasteiger charge is -2.08. The first kappa shape index (κ1) is 15.9. The Morgan fingerprint density at radius 1 is 1.29 bits per heavy atom. The molecule has 0 saturated heterocycles. The highest BCUT2D eigenvalue weighted by molar-refractivity contribution is 6.03. The number of amides is 1. The van der Waals surface area contributed by atoms with E-state index < -0.39 is 0 Å². The Morgan fingerprint density at radius 3 is 2.62 bits per heavy atom. The number of aliphatic imine (C=N–C) groups is 1. The third kappa shape index (κ3) is 4.07. The van der Waals surface area contributed by atoms with Gasteiger partial charge in [-0.25, -0.2) is 15.0 Å². The molecule has 24 heavy (non-hydrogen) atoms. The highest BCUT2D eigenvalue weighted by Crippen LogP contribution is 2.15. The average molecular weight is 325 g/mol. The van der Waals surface area contributed by atoms with Crippen molar-refractivity contribution in [3.63, 3.8) is 0 Å². The Morgan fingerprint density at radius 2 is 2.00 bits per heavy atom. The second-order valence-corrected chi connectivity index (χ2v) is 5.64. The maximum atomic E-state index is 12.1. The van der Waals surface area contributed by atoms with Crippen LogP contribution >= 0.6 is 0 Å². The number of aryl methyl sites for hydroxylation is 2. The number of hydrogen-bond acceptors (Lipinski definition) is 6. The van der Waals surface area contributed by atoms with E-state index in [9.17, 15) is 4.79 Å². The summed E-state index contributed by atoms with van der Waals surface area (Å²) in [5.41, 5.74) is 7.83. The van der Waals surface area contributed by atoms with Gasteiger partial charge in [-0.3, -0.25) is 4.79 Å². The number of rotatable bonds is 5. The fraction of sp³-hybridized carbons (Fsp3) is 0.294. The van der Waals surface area contributed by atoms with Crippen molar-refractivity contribution >= 4 is 17.6 Å². The molecule has 0 aliphatic carbocycles. The predicted molar refractivity (Wildman–Crippen MR) is 90.8 cm³/mol. The molecule has 0 spiro atoms. The maximum Gasteiger partial charge on any atom is 0.282 e. The van der Waals surface area contributed by atoms with Gasteiger partial charge < -0.3 is 15.8 Å². The van der Waals surface area contributed by atoms with Gasteiger partial charge in [0.2, 0.25) is 0 Å². The smallest absolute Gasteiger partial charge is 0.282 e. The molecule has 0 fully saturated rings. The number of carbonyl (C=O) groups excluding carboxylic acids is 1. The summed E-state index contributed by atoms with van der Waals surface area (Å²) in [6, 6.07) is 8.15. The van der Waals surface area contributed by atoms with Crippen molar-refractivity contribution < 1.29 is 9.53 Å². The normalized spacial score (nSPS) is 16.4. The van der Waals surface area contributed by atoms with Crippen LogP contribution in [0.2, 0.25) is 0 Å². The van der Waals surface area contributed by atoms with Crippen molar-refractivity contribution in [1.29, 1.82) is 0 Å². The third-order valence-electron chi connectivity index (χ3n) is 3.75. The highest BCUT2D eigenvalue weighted by Gasteiger charge is 2.16. The number of aromatic nitrogens is 2. The molecule has 1 aliphatic rings. The minimum absolute atomic E-state index is 0.130. The number of amidine groups is 1. The fourth-order valence-electron chi connectivity index (χ4n) is 2.39. The lowest BCUT2D eigenvalue weighted by atomic mass is 10.1. The molecule has 0 saturated carbocycles. The van der Waals surface area contributed by atoms with Gasteiger partial charge in [0.05, 0.1) is 11.6 Å². The zero-order chi connectivity index (χ0) is 16.9. The molecular formula is C17H19N5O2. The Labute approximate surface area is 140 Å². The van der Waals surface area contributed by atoms with Gasteiger partial charge in [-0.05, 0) is 37.5 Å². The summed E-state index contributed by atoms with van der Waals surface area (Å²) < 4.78 is 5.14. The predicted octanol–water partition coefficient (Wildman–Crippen LogP) is 1.68. The topological polar surface area (TPSA) is 102 Å². The van der Waals surface area contributed by atoms with Gasteiger partial charge in [0.15, 0.2) is 0 Å². The second-order valence-electron chi connectivity index (χ2n) is 5.64. The highest BCUT2D eigenvalue weighted by atomic mass is 16.5. The quantitative estimate of drug-likeness (QED) is 0.871. The largest absolute Gasteiger partial charge is 0.463 e. The Balaban J connectivity index is 1.54. The van der Waals surface area contributed by atoms with Crippen molar-refractivity contribution in [2.45, 2.75) is 25.8 Å². The molecule has 1 aromatic heterocycles. The van der Waals surface area contributed by atoms with Crippen LogP contribution in [0.5, 0.6) is 0 Å². The number of benzene rings is 1. The van der Waals surface area contributed by atoms with Gasteiger partial charge in [-0.1, -0.05) is 12.1 Å². The lowest BCUT2D eigenvalue weighted by molar-refractivity contribution is 0.102. The van der Waals surface area contributed by atoms with Crippen LogP contribution in [0.4, 0.5) is 5.69 Å². The van der Waals surface area contributed by atoms with Gasteiger partial charge in [0.25, 0.3) is 11.9 Å². The number of anilines is 1. The Bertz CT molecular complexity index is 741. The van der Waals surface area contributed by atoms with E-state index in [2.05, 4.69) is 20.3 Å². The molecule has 7 heteroatoms. The molecule has 0 radical (unpaired) electrons. The second kappa shape index (κ2) is 7.08. The average Bonchev–Trinajstić information content (AvgIpc) is 3.00. The van der Waals surface area contributed by atoms with Crippen LogP contribution in [0, 0.1) is 6.92 Å². The third-order valence-corrected chi connectivity index (χ3v) is 3.75. The first-order valence-corrected chi connectivity index (χ1v) is 7.75. The number of carbonyl (C=O) groups is 1. The molecule has 1 aromatic carbocycles.